The number of amides is 1. The van der Waals surface area contributed by atoms with Crippen molar-refractivity contribution in [2.45, 2.75) is 24.9 Å². The van der Waals surface area contributed by atoms with E-state index in [-0.39, 0.29) is 18.6 Å². The third-order valence-corrected chi connectivity index (χ3v) is 3.63. The number of rotatable bonds is 7. The minimum atomic E-state index is -1.11. The second-order valence-corrected chi connectivity index (χ2v) is 5.57. The maximum atomic E-state index is 12.2. The number of benzene rings is 2. The monoisotopic (exact) mass is 328 g/mol. The minimum absolute atomic E-state index is 0.130. The van der Waals surface area contributed by atoms with Gasteiger partial charge in [0.2, 0.25) is 5.91 Å². The van der Waals surface area contributed by atoms with Crippen LogP contribution < -0.4 is 11.1 Å². The summed E-state index contributed by atoms with van der Waals surface area (Å²) in [6.45, 7) is 0. The first-order valence-electron chi connectivity index (χ1n) is 7.56. The zero-order valence-electron chi connectivity index (χ0n) is 13.1. The number of phenolic OH excluding ortho intramolecular Hbond substituents is 1. The van der Waals surface area contributed by atoms with Crippen molar-refractivity contribution in [3.05, 3.63) is 65.7 Å². The number of hydrogen-bond donors (Lipinski definition) is 4. The molecule has 0 aromatic heterocycles. The molecule has 0 saturated heterocycles. The van der Waals surface area contributed by atoms with E-state index in [1.54, 1.807) is 24.3 Å². The maximum Gasteiger partial charge on any atom is 0.326 e. The van der Waals surface area contributed by atoms with Gasteiger partial charge in [-0.2, -0.15) is 0 Å². The van der Waals surface area contributed by atoms with Gasteiger partial charge in [0.25, 0.3) is 0 Å². The fraction of sp³-hybridized carbons (Fsp3) is 0.222. The average Bonchev–Trinajstić information content (AvgIpc) is 2.57. The van der Waals surface area contributed by atoms with Gasteiger partial charge >= 0.3 is 5.97 Å². The molecule has 24 heavy (non-hydrogen) atoms. The molecule has 0 fully saturated rings. The third-order valence-electron chi connectivity index (χ3n) is 3.63. The molecular formula is C18H20N2O4. The number of nitrogens with one attached hydrogen (secondary N) is 1. The Morgan fingerprint density at radius 2 is 1.54 bits per heavy atom. The molecule has 6 heteroatoms. The highest BCUT2D eigenvalue weighted by molar-refractivity contribution is 5.87. The van der Waals surface area contributed by atoms with Crippen LogP contribution in [0, 0.1) is 0 Å². The van der Waals surface area contributed by atoms with Crippen molar-refractivity contribution in [3.8, 4) is 5.75 Å². The molecule has 1 amide bonds. The SMILES string of the molecule is N[C@@H](Cc1ccc(O)cc1)C(=O)N[C@H](Cc1ccccc1)C(=O)O. The van der Waals surface area contributed by atoms with Crippen LogP contribution in [-0.4, -0.2) is 34.2 Å². The predicted octanol–water partition coefficient (Wildman–Crippen LogP) is 1.07. The lowest BCUT2D eigenvalue weighted by atomic mass is 10.0. The molecule has 0 aliphatic rings. The number of aromatic hydroxyl groups is 1. The number of carboxylic acids is 1. The van der Waals surface area contributed by atoms with Crippen LogP contribution in [0.3, 0.4) is 0 Å². The van der Waals surface area contributed by atoms with Gasteiger partial charge < -0.3 is 21.3 Å². The van der Waals surface area contributed by atoms with Gasteiger partial charge in [-0.25, -0.2) is 4.79 Å². The van der Waals surface area contributed by atoms with Gasteiger partial charge in [0.05, 0.1) is 6.04 Å². The van der Waals surface area contributed by atoms with Gasteiger partial charge in [0.1, 0.15) is 11.8 Å². The number of phenols is 1. The Morgan fingerprint density at radius 1 is 0.958 bits per heavy atom. The van der Waals surface area contributed by atoms with E-state index in [2.05, 4.69) is 5.32 Å². The van der Waals surface area contributed by atoms with Crippen LogP contribution in [0.2, 0.25) is 0 Å². The first kappa shape index (κ1) is 17.5. The molecule has 2 atom stereocenters. The van der Waals surface area contributed by atoms with Gasteiger partial charge in [-0.05, 0) is 29.7 Å². The lowest BCUT2D eigenvalue weighted by Gasteiger charge is -2.18. The van der Waals surface area contributed by atoms with E-state index in [4.69, 9.17) is 5.73 Å². The molecule has 6 nitrogen and oxygen atoms in total. The number of aliphatic carboxylic acids is 1. The second-order valence-electron chi connectivity index (χ2n) is 5.57. The van der Waals surface area contributed by atoms with Crippen molar-refractivity contribution in [1.82, 2.24) is 5.32 Å². The number of carboxylic acid groups (broad SMARTS) is 1. The van der Waals surface area contributed by atoms with Crippen LogP contribution in [0.1, 0.15) is 11.1 Å². The van der Waals surface area contributed by atoms with Crippen LogP contribution >= 0.6 is 0 Å². The minimum Gasteiger partial charge on any atom is -0.508 e. The maximum absolute atomic E-state index is 12.2. The summed E-state index contributed by atoms with van der Waals surface area (Å²) in [6, 6.07) is 13.5. The fourth-order valence-electron chi connectivity index (χ4n) is 2.31. The van der Waals surface area contributed by atoms with Crippen LogP contribution in [0.5, 0.6) is 5.75 Å². The van der Waals surface area contributed by atoms with E-state index in [0.29, 0.717) is 0 Å². The van der Waals surface area contributed by atoms with Crippen molar-refractivity contribution in [2.75, 3.05) is 0 Å². The Labute approximate surface area is 139 Å². The smallest absolute Gasteiger partial charge is 0.326 e. The topological polar surface area (TPSA) is 113 Å². The first-order chi connectivity index (χ1) is 11.5. The van der Waals surface area contributed by atoms with E-state index in [0.717, 1.165) is 11.1 Å². The Bertz CT molecular complexity index is 686. The summed E-state index contributed by atoms with van der Waals surface area (Å²) in [5, 5.41) is 21.0. The molecule has 0 heterocycles. The van der Waals surface area contributed by atoms with Crippen LogP contribution in [0.25, 0.3) is 0 Å². The fourth-order valence-corrected chi connectivity index (χ4v) is 2.31. The van der Waals surface area contributed by atoms with Crippen molar-refractivity contribution in [1.29, 1.82) is 0 Å². The zero-order valence-corrected chi connectivity index (χ0v) is 13.1. The van der Waals surface area contributed by atoms with Crippen molar-refractivity contribution in [2.24, 2.45) is 5.73 Å². The number of nitrogens with two attached hydrogens (primary N) is 1. The van der Waals surface area contributed by atoms with Gasteiger partial charge in [0.15, 0.2) is 0 Å². The highest BCUT2D eigenvalue weighted by atomic mass is 16.4. The first-order valence-corrected chi connectivity index (χ1v) is 7.56. The highest BCUT2D eigenvalue weighted by Gasteiger charge is 2.23. The Hall–Kier alpha value is -2.86. The summed E-state index contributed by atoms with van der Waals surface area (Å²) >= 11 is 0. The van der Waals surface area contributed by atoms with Crippen molar-refractivity contribution >= 4 is 11.9 Å². The molecule has 126 valence electrons. The lowest BCUT2D eigenvalue weighted by Crippen LogP contribution is -2.50. The predicted molar refractivity (Wildman–Crippen MR) is 89.5 cm³/mol. The molecule has 5 N–H and O–H groups in total. The zero-order chi connectivity index (χ0) is 17.5. The molecule has 2 rings (SSSR count). The largest absolute Gasteiger partial charge is 0.508 e. The van der Waals surface area contributed by atoms with E-state index >= 15 is 0 Å². The summed E-state index contributed by atoms with van der Waals surface area (Å²) in [7, 11) is 0. The number of carbonyl (C=O) groups is 2. The van der Waals surface area contributed by atoms with Crippen LogP contribution in [-0.2, 0) is 22.4 Å². The molecule has 0 aliphatic heterocycles. The molecule has 2 aromatic rings. The van der Waals surface area contributed by atoms with Gasteiger partial charge in [0, 0.05) is 6.42 Å². The summed E-state index contributed by atoms with van der Waals surface area (Å²) in [6.07, 6.45) is 0.442. The number of carbonyl (C=O) groups excluding carboxylic acids is 1. The molecule has 0 unspecified atom stereocenters. The summed E-state index contributed by atoms with van der Waals surface area (Å²) in [4.78, 5) is 23.5. The second kappa shape index (κ2) is 8.12. The van der Waals surface area contributed by atoms with Gasteiger partial charge in [-0.1, -0.05) is 42.5 Å². The molecule has 0 saturated carbocycles. The standard InChI is InChI=1S/C18H20N2O4/c19-15(10-13-6-8-14(21)9-7-13)17(22)20-16(18(23)24)11-12-4-2-1-3-5-12/h1-9,15-16,21H,10-11,19H2,(H,20,22)(H,23,24)/t15-,16+/m0/s1. The molecule has 0 radical (unpaired) electrons. The summed E-state index contributed by atoms with van der Waals surface area (Å²) in [5.41, 5.74) is 7.46. The van der Waals surface area contributed by atoms with Gasteiger partial charge in [-0.3, -0.25) is 4.79 Å². The lowest BCUT2D eigenvalue weighted by molar-refractivity contribution is -0.141. The molecule has 0 aliphatic carbocycles. The summed E-state index contributed by atoms with van der Waals surface area (Å²) < 4.78 is 0. The molecule has 0 bridgehead atoms. The summed E-state index contributed by atoms with van der Waals surface area (Å²) in [5.74, 6) is -1.50. The highest BCUT2D eigenvalue weighted by Crippen LogP contribution is 2.11. The van der Waals surface area contributed by atoms with E-state index in [1.807, 2.05) is 18.2 Å². The third kappa shape index (κ3) is 5.10. The molecule has 0 spiro atoms. The average molecular weight is 328 g/mol. The Balaban J connectivity index is 1.96. The van der Waals surface area contributed by atoms with E-state index in [1.165, 1.54) is 12.1 Å². The Morgan fingerprint density at radius 3 is 2.12 bits per heavy atom. The van der Waals surface area contributed by atoms with E-state index in [9.17, 15) is 19.8 Å². The Kier molecular flexibility index (Phi) is 5.92. The quantitative estimate of drug-likeness (QED) is 0.607. The van der Waals surface area contributed by atoms with E-state index < -0.39 is 24.0 Å². The van der Waals surface area contributed by atoms with Crippen LogP contribution in [0.15, 0.2) is 54.6 Å². The molecule has 2 aromatic carbocycles. The van der Waals surface area contributed by atoms with Gasteiger partial charge in [-0.15, -0.1) is 0 Å². The van der Waals surface area contributed by atoms with Crippen molar-refractivity contribution in [3.63, 3.8) is 0 Å². The molecular weight excluding hydrogens is 308 g/mol. The van der Waals surface area contributed by atoms with Crippen molar-refractivity contribution < 1.29 is 19.8 Å². The van der Waals surface area contributed by atoms with Crippen LogP contribution in [0.4, 0.5) is 0 Å². The number of hydrogen-bond acceptors (Lipinski definition) is 4. The normalized spacial score (nSPS) is 13.0.